The van der Waals surface area contributed by atoms with Crippen LogP contribution in [0.4, 0.5) is 0 Å². The average Bonchev–Trinajstić information content (AvgIpc) is 2.82. The standard InChI is InChI=1S/C26H27NO5/c1-2-31-15-7-14-27-24(20-10-5-11-21(16-20)26(29)30)17-22(28)18-32-25-13-6-9-19-8-3-4-12-23(19)25/h3-6,8-13,16-17,27H,2,7,14-15,18H2,1H3,(H,29,30). The molecule has 3 aromatic carbocycles. The largest absolute Gasteiger partial charge is 0.485 e. The van der Waals surface area contributed by atoms with Crippen molar-refractivity contribution in [2.24, 2.45) is 0 Å². The fraction of sp³-hybridized carbons (Fsp3) is 0.231. The summed E-state index contributed by atoms with van der Waals surface area (Å²) in [5.74, 6) is -0.608. The first-order chi connectivity index (χ1) is 15.6. The van der Waals surface area contributed by atoms with E-state index >= 15 is 0 Å². The first-order valence-corrected chi connectivity index (χ1v) is 10.6. The zero-order valence-corrected chi connectivity index (χ0v) is 18.0. The number of carboxylic acid groups (broad SMARTS) is 1. The molecule has 0 saturated heterocycles. The maximum atomic E-state index is 12.7. The number of aromatic carboxylic acids is 1. The van der Waals surface area contributed by atoms with Gasteiger partial charge < -0.3 is 19.9 Å². The lowest BCUT2D eigenvalue weighted by Crippen LogP contribution is -2.18. The van der Waals surface area contributed by atoms with Crippen molar-refractivity contribution in [3.05, 3.63) is 83.9 Å². The minimum Gasteiger partial charge on any atom is -0.485 e. The summed E-state index contributed by atoms with van der Waals surface area (Å²) in [7, 11) is 0. The highest BCUT2D eigenvalue weighted by atomic mass is 16.5. The van der Waals surface area contributed by atoms with Gasteiger partial charge in [-0.1, -0.05) is 48.5 Å². The van der Waals surface area contributed by atoms with E-state index in [-0.39, 0.29) is 18.0 Å². The monoisotopic (exact) mass is 433 g/mol. The van der Waals surface area contributed by atoms with Gasteiger partial charge in [-0.05, 0) is 42.5 Å². The van der Waals surface area contributed by atoms with Gasteiger partial charge in [0.25, 0.3) is 0 Å². The summed E-state index contributed by atoms with van der Waals surface area (Å²) in [6.45, 7) is 3.64. The number of carbonyl (C=O) groups is 2. The third-order valence-electron chi connectivity index (χ3n) is 4.83. The van der Waals surface area contributed by atoms with Gasteiger partial charge >= 0.3 is 5.97 Å². The number of benzene rings is 3. The predicted molar refractivity (Wildman–Crippen MR) is 125 cm³/mol. The second-order valence-corrected chi connectivity index (χ2v) is 7.15. The van der Waals surface area contributed by atoms with E-state index in [0.717, 1.165) is 17.2 Å². The molecule has 32 heavy (non-hydrogen) atoms. The number of carbonyl (C=O) groups excluding carboxylic acids is 1. The molecular formula is C26H27NO5. The highest BCUT2D eigenvalue weighted by molar-refractivity contribution is 5.98. The molecular weight excluding hydrogens is 406 g/mol. The van der Waals surface area contributed by atoms with Crippen molar-refractivity contribution in [2.75, 3.05) is 26.4 Å². The smallest absolute Gasteiger partial charge is 0.335 e. The lowest BCUT2D eigenvalue weighted by Gasteiger charge is -2.13. The van der Waals surface area contributed by atoms with E-state index in [2.05, 4.69) is 5.32 Å². The van der Waals surface area contributed by atoms with Crippen LogP contribution < -0.4 is 10.1 Å². The molecule has 166 valence electrons. The van der Waals surface area contributed by atoms with Gasteiger partial charge in [0.2, 0.25) is 0 Å². The molecule has 0 saturated carbocycles. The topological polar surface area (TPSA) is 84.9 Å². The Kier molecular flexibility index (Phi) is 8.40. The van der Waals surface area contributed by atoms with Crippen LogP contribution in [0, 0.1) is 0 Å². The van der Waals surface area contributed by atoms with E-state index in [4.69, 9.17) is 9.47 Å². The molecule has 0 fully saturated rings. The molecule has 0 spiro atoms. The van der Waals surface area contributed by atoms with Crippen molar-refractivity contribution >= 4 is 28.2 Å². The van der Waals surface area contributed by atoms with Crippen LogP contribution in [0.15, 0.2) is 72.8 Å². The summed E-state index contributed by atoms with van der Waals surface area (Å²) in [4.78, 5) is 24.1. The molecule has 0 amide bonds. The van der Waals surface area contributed by atoms with Crippen LogP contribution in [0.2, 0.25) is 0 Å². The molecule has 2 N–H and O–H groups in total. The Morgan fingerprint density at radius 3 is 2.56 bits per heavy atom. The molecule has 0 heterocycles. The summed E-state index contributed by atoms with van der Waals surface area (Å²) in [5, 5.41) is 14.5. The maximum Gasteiger partial charge on any atom is 0.335 e. The number of nitrogens with one attached hydrogen (secondary N) is 1. The van der Waals surface area contributed by atoms with Crippen molar-refractivity contribution in [2.45, 2.75) is 13.3 Å². The van der Waals surface area contributed by atoms with Crippen molar-refractivity contribution in [1.82, 2.24) is 5.32 Å². The fourth-order valence-electron chi connectivity index (χ4n) is 3.27. The van der Waals surface area contributed by atoms with Gasteiger partial charge in [0.05, 0.1) is 5.56 Å². The summed E-state index contributed by atoms with van der Waals surface area (Å²) in [6, 6.07) is 20.0. The molecule has 0 bridgehead atoms. The first kappa shape index (κ1) is 23.0. The Labute approximate surface area is 187 Å². The summed E-state index contributed by atoms with van der Waals surface area (Å²) < 4.78 is 11.2. The molecule has 6 nitrogen and oxygen atoms in total. The third kappa shape index (κ3) is 6.43. The molecule has 0 aromatic heterocycles. The predicted octanol–water partition coefficient (Wildman–Crippen LogP) is 4.54. The second kappa shape index (κ2) is 11.7. The van der Waals surface area contributed by atoms with Gasteiger partial charge in [-0.3, -0.25) is 4.79 Å². The molecule has 3 rings (SSSR count). The van der Waals surface area contributed by atoms with E-state index in [1.807, 2.05) is 49.4 Å². The van der Waals surface area contributed by atoms with E-state index in [1.165, 1.54) is 12.1 Å². The van der Waals surface area contributed by atoms with Crippen LogP contribution in [0.25, 0.3) is 16.5 Å². The second-order valence-electron chi connectivity index (χ2n) is 7.15. The molecule has 0 aliphatic heterocycles. The van der Waals surface area contributed by atoms with E-state index in [9.17, 15) is 14.7 Å². The molecule has 0 atom stereocenters. The number of ether oxygens (including phenoxy) is 2. The van der Waals surface area contributed by atoms with Crippen LogP contribution in [-0.2, 0) is 9.53 Å². The van der Waals surface area contributed by atoms with Crippen molar-refractivity contribution in [3.63, 3.8) is 0 Å². The molecule has 0 unspecified atom stereocenters. The molecule has 6 heteroatoms. The maximum absolute atomic E-state index is 12.7. The van der Waals surface area contributed by atoms with Crippen molar-refractivity contribution in [1.29, 1.82) is 0 Å². The average molecular weight is 434 g/mol. The molecule has 0 aliphatic carbocycles. The quantitative estimate of drug-likeness (QED) is 0.322. The van der Waals surface area contributed by atoms with Crippen molar-refractivity contribution in [3.8, 4) is 5.75 Å². The van der Waals surface area contributed by atoms with Gasteiger partial charge in [-0.15, -0.1) is 0 Å². The number of ketones is 1. The Balaban J connectivity index is 1.75. The van der Waals surface area contributed by atoms with Crippen LogP contribution >= 0.6 is 0 Å². The lowest BCUT2D eigenvalue weighted by atomic mass is 10.1. The summed E-state index contributed by atoms with van der Waals surface area (Å²) >= 11 is 0. The first-order valence-electron chi connectivity index (χ1n) is 10.6. The van der Waals surface area contributed by atoms with Gasteiger partial charge in [0.15, 0.2) is 12.4 Å². The number of rotatable bonds is 12. The van der Waals surface area contributed by atoms with Crippen LogP contribution in [0.3, 0.4) is 0 Å². The van der Waals surface area contributed by atoms with E-state index < -0.39 is 5.97 Å². The highest BCUT2D eigenvalue weighted by Crippen LogP contribution is 2.25. The number of hydrogen-bond acceptors (Lipinski definition) is 5. The molecule has 3 aromatic rings. The SMILES string of the molecule is CCOCCCNC(=CC(=O)COc1cccc2ccccc12)c1cccc(C(=O)O)c1. The number of carboxylic acids is 1. The van der Waals surface area contributed by atoms with Crippen molar-refractivity contribution < 1.29 is 24.2 Å². The van der Waals surface area contributed by atoms with E-state index in [0.29, 0.717) is 36.8 Å². The zero-order chi connectivity index (χ0) is 22.8. The van der Waals surface area contributed by atoms with Gasteiger partial charge in [0.1, 0.15) is 5.75 Å². The fourth-order valence-corrected chi connectivity index (χ4v) is 3.27. The number of fused-ring (bicyclic) bond motifs is 1. The van der Waals surface area contributed by atoms with E-state index in [1.54, 1.807) is 18.2 Å². The minimum atomic E-state index is -1.02. The summed E-state index contributed by atoms with van der Waals surface area (Å²) in [6.07, 6.45) is 2.22. The third-order valence-corrected chi connectivity index (χ3v) is 4.83. The zero-order valence-electron chi connectivity index (χ0n) is 18.0. The Morgan fingerprint density at radius 1 is 1.00 bits per heavy atom. The van der Waals surface area contributed by atoms with Gasteiger partial charge in [-0.25, -0.2) is 4.79 Å². The normalized spacial score (nSPS) is 11.3. The Bertz CT molecular complexity index is 1100. The Hall–Kier alpha value is -3.64. The van der Waals surface area contributed by atoms with Crippen LogP contribution in [-0.4, -0.2) is 43.2 Å². The Morgan fingerprint density at radius 2 is 1.75 bits per heavy atom. The highest BCUT2D eigenvalue weighted by Gasteiger charge is 2.10. The van der Waals surface area contributed by atoms with Gasteiger partial charge in [-0.2, -0.15) is 0 Å². The van der Waals surface area contributed by atoms with Crippen LogP contribution in [0.1, 0.15) is 29.3 Å². The van der Waals surface area contributed by atoms with Crippen LogP contribution in [0.5, 0.6) is 5.75 Å². The molecule has 0 radical (unpaired) electrons. The lowest BCUT2D eigenvalue weighted by molar-refractivity contribution is -0.116. The number of hydrogen-bond donors (Lipinski definition) is 2. The molecule has 0 aliphatic rings. The van der Waals surface area contributed by atoms with Gasteiger partial charge in [0, 0.05) is 36.9 Å². The summed E-state index contributed by atoms with van der Waals surface area (Å²) in [5.41, 5.74) is 1.33. The minimum absolute atomic E-state index is 0.128.